The Kier molecular flexibility index (Phi) is 5.34. The number of hydrogen-bond donors (Lipinski definition) is 1. The van der Waals surface area contributed by atoms with E-state index in [1.165, 1.54) is 23.9 Å². The van der Waals surface area contributed by atoms with Crippen LogP contribution >= 0.6 is 11.8 Å². The van der Waals surface area contributed by atoms with Crippen molar-refractivity contribution in [1.82, 2.24) is 9.55 Å². The molecule has 0 fully saturated rings. The molecule has 2 aromatic carbocycles. The third kappa shape index (κ3) is 4.32. The van der Waals surface area contributed by atoms with Gasteiger partial charge in [0.1, 0.15) is 13.2 Å². The van der Waals surface area contributed by atoms with Crippen LogP contribution in [-0.2, 0) is 4.79 Å². The Morgan fingerprint density at radius 1 is 1.17 bits per heavy atom. The van der Waals surface area contributed by atoms with Crippen LogP contribution in [-0.4, -0.2) is 39.3 Å². The lowest BCUT2D eigenvalue weighted by atomic mass is 10.2. The van der Waals surface area contributed by atoms with Crippen molar-refractivity contribution in [2.24, 2.45) is 0 Å². The van der Waals surface area contributed by atoms with Gasteiger partial charge in [-0.15, -0.1) is 0 Å². The highest BCUT2D eigenvalue weighted by atomic mass is 32.2. The molecule has 3 aromatic rings. The van der Waals surface area contributed by atoms with Crippen molar-refractivity contribution in [1.29, 1.82) is 0 Å². The van der Waals surface area contributed by atoms with Crippen molar-refractivity contribution in [3.05, 3.63) is 65.0 Å². The quantitative estimate of drug-likeness (QED) is 0.376. The van der Waals surface area contributed by atoms with Gasteiger partial charge in [0.15, 0.2) is 16.7 Å². The maximum absolute atomic E-state index is 12.3. The molecule has 9 nitrogen and oxygen atoms in total. The molecular weight excluding hydrogens is 396 g/mol. The van der Waals surface area contributed by atoms with E-state index in [2.05, 4.69) is 10.3 Å². The van der Waals surface area contributed by atoms with Gasteiger partial charge in [0.05, 0.1) is 10.7 Å². The highest BCUT2D eigenvalue weighted by Gasteiger charge is 2.14. The first kappa shape index (κ1) is 18.8. The monoisotopic (exact) mass is 412 g/mol. The molecule has 0 aliphatic carbocycles. The number of nitrogens with zero attached hydrogens (tertiary/aromatic N) is 3. The molecule has 1 aromatic heterocycles. The van der Waals surface area contributed by atoms with E-state index in [1.807, 2.05) is 0 Å². The third-order valence-electron chi connectivity index (χ3n) is 4.10. The number of benzene rings is 2. The minimum Gasteiger partial charge on any atom is -0.486 e. The number of hydrogen-bond acceptors (Lipinski definition) is 7. The van der Waals surface area contributed by atoms with Gasteiger partial charge in [0, 0.05) is 42.0 Å². The van der Waals surface area contributed by atoms with Crippen LogP contribution in [0.15, 0.2) is 60.0 Å². The average Bonchev–Trinajstić information content (AvgIpc) is 3.21. The molecule has 0 saturated carbocycles. The third-order valence-corrected chi connectivity index (χ3v) is 5.07. The average molecular weight is 412 g/mol. The maximum Gasteiger partial charge on any atom is 0.269 e. The number of amides is 1. The van der Waals surface area contributed by atoms with E-state index < -0.39 is 4.92 Å². The second-order valence-corrected chi connectivity index (χ2v) is 6.99. The van der Waals surface area contributed by atoms with Gasteiger partial charge in [0.25, 0.3) is 5.69 Å². The summed E-state index contributed by atoms with van der Waals surface area (Å²) < 4.78 is 12.8. The standard InChI is InChI=1S/C19H16N4O5S/c24-18(21-13-1-6-16-17(11-13)28-10-9-27-16)12-29-19-20-7-8-22(19)14-2-4-15(5-3-14)23(25)26/h1-8,11H,9-10,12H2,(H,21,24). The van der Waals surface area contributed by atoms with Crippen LogP contribution in [0, 0.1) is 10.1 Å². The lowest BCUT2D eigenvalue weighted by Gasteiger charge is -2.19. The van der Waals surface area contributed by atoms with Crippen molar-refractivity contribution in [2.45, 2.75) is 5.16 Å². The lowest BCUT2D eigenvalue weighted by molar-refractivity contribution is -0.384. The Labute approximate surface area is 169 Å². The van der Waals surface area contributed by atoms with Crippen LogP contribution < -0.4 is 14.8 Å². The summed E-state index contributed by atoms with van der Waals surface area (Å²) in [6.07, 6.45) is 3.35. The van der Waals surface area contributed by atoms with Gasteiger partial charge in [-0.2, -0.15) is 0 Å². The summed E-state index contributed by atoms with van der Waals surface area (Å²) in [6, 6.07) is 11.4. The highest BCUT2D eigenvalue weighted by Crippen LogP contribution is 2.32. The van der Waals surface area contributed by atoms with Crippen molar-refractivity contribution < 1.29 is 19.2 Å². The van der Waals surface area contributed by atoms with E-state index >= 15 is 0 Å². The molecule has 4 rings (SSSR count). The first-order chi connectivity index (χ1) is 14.1. The number of ether oxygens (including phenoxy) is 2. The van der Waals surface area contributed by atoms with Gasteiger partial charge in [-0.25, -0.2) is 4.98 Å². The summed E-state index contributed by atoms with van der Waals surface area (Å²) in [6.45, 7) is 0.988. The van der Waals surface area contributed by atoms with Crippen LogP contribution in [0.1, 0.15) is 0 Å². The molecule has 10 heteroatoms. The number of nitro benzene ring substituents is 1. The molecule has 0 spiro atoms. The molecule has 2 heterocycles. The number of carbonyl (C=O) groups is 1. The number of nitro groups is 1. The van der Waals surface area contributed by atoms with E-state index in [1.54, 1.807) is 47.3 Å². The summed E-state index contributed by atoms with van der Waals surface area (Å²) >= 11 is 1.27. The van der Waals surface area contributed by atoms with Crippen LogP contribution in [0.25, 0.3) is 5.69 Å². The second-order valence-electron chi connectivity index (χ2n) is 6.05. The fourth-order valence-electron chi connectivity index (χ4n) is 2.78. The fourth-order valence-corrected chi connectivity index (χ4v) is 3.55. The Hall–Kier alpha value is -3.53. The Morgan fingerprint density at radius 3 is 2.69 bits per heavy atom. The molecule has 29 heavy (non-hydrogen) atoms. The van der Waals surface area contributed by atoms with Gasteiger partial charge in [-0.05, 0) is 24.3 Å². The zero-order valence-electron chi connectivity index (χ0n) is 15.1. The van der Waals surface area contributed by atoms with Crippen molar-refractivity contribution in [2.75, 3.05) is 24.3 Å². The van der Waals surface area contributed by atoms with Crippen molar-refractivity contribution in [3.63, 3.8) is 0 Å². The van der Waals surface area contributed by atoms with E-state index in [9.17, 15) is 14.9 Å². The van der Waals surface area contributed by atoms with Crippen LogP contribution in [0.3, 0.4) is 0 Å². The van der Waals surface area contributed by atoms with E-state index in [-0.39, 0.29) is 17.3 Å². The number of nitrogens with one attached hydrogen (secondary N) is 1. The van der Waals surface area contributed by atoms with Crippen molar-refractivity contribution in [3.8, 4) is 17.2 Å². The largest absolute Gasteiger partial charge is 0.486 e. The minimum atomic E-state index is -0.449. The highest BCUT2D eigenvalue weighted by molar-refractivity contribution is 7.99. The van der Waals surface area contributed by atoms with Crippen molar-refractivity contribution >= 4 is 29.0 Å². The predicted molar refractivity (Wildman–Crippen MR) is 107 cm³/mol. The smallest absolute Gasteiger partial charge is 0.269 e. The van der Waals surface area contributed by atoms with E-state index in [4.69, 9.17) is 9.47 Å². The minimum absolute atomic E-state index is 0.0156. The fraction of sp³-hybridized carbons (Fsp3) is 0.158. The summed E-state index contributed by atoms with van der Waals surface area (Å²) in [5.74, 6) is 1.23. The van der Waals surface area contributed by atoms with Crippen LogP contribution in [0.5, 0.6) is 11.5 Å². The zero-order valence-corrected chi connectivity index (χ0v) is 15.9. The normalized spacial score (nSPS) is 12.4. The molecular formula is C19H16N4O5S. The zero-order chi connectivity index (χ0) is 20.2. The van der Waals surface area contributed by atoms with Gasteiger partial charge in [-0.3, -0.25) is 19.5 Å². The molecule has 0 bridgehead atoms. The van der Waals surface area contributed by atoms with Gasteiger partial charge >= 0.3 is 0 Å². The number of aromatic nitrogens is 2. The van der Waals surface area contributed by atoms with Crippen LogP contribution in [0.4, 0.5) is 11.4 Å². The number of non-ortho nitro benzene ring substituents is 1. The molecule has 1 aliphatic heterocycles. The van der Waals surface area contributed by atoms with Gasteiger partial charge in [-0.1, -0.05) is 11.8 Å². The summed E-state index contributed by atoms with van der Waals surface area (Å²) in [5.41, 5.74) is 1.36. The summed E-state index contributed by atoms with van der Waals surface area (Å²) in [5, 5.41) is 14.2. The number of fused-ring (bicyclic) bond motifs is 1. The molecule has 0 saturated heterocycles. The second kappa shape index (κ2) is 8.23. The predicted octanol–water partition coefficient (Wildman–Crippen LogP) is 3.28. The molecule has 0 radical (unpaired) electrons. The van der Waals surface area contributed by atoms with Gasteiger partial charge < -0.3 is 14.8 Å². The van der Waals surface area contributed by atoms with Gasteiger partial charge in [0.2, 0.25) is 5.91 Å². The Balaban J connectivity index is 1.39. The lowest BCUT2D eigenvalue weighted by Crippen LogP contribution is -2.17. The molecule has 1 amide bonds. The topological polar surface area (TPSA) is 109 Å². The molecule has 1 aliphatic rings. The first-order valence-corrected chi connectivity index (χ1v) is 9.69. The number of carbonyl (C=O) groups excluding carboxylic acids is 1. The molecule has 0 atom stereocenters. The molecule has 148 valence electrons. The number of imidazole rings is 1. The number of anilines is 1. The van der Waals surface area contributed by atoms with E-state index in [0.717, 1.165) is 5.69 Å². The summed E-state index contributed by atoms with van der Waals surface area (Å²) in [4.78, 5) is 26.9. The SMILES string of the molecule is O=C(CSc1nccn1-c1ccc([N+](=O)[O-])cc1)Nc1ccc2c(c1)OCCO2. The number of thioether (sulfide) groups is 1. The van der Waals surface area contributed by atoms with E-state index in [0.29, 0.717) is 35.6 Å². The number of rotatable bonds is 6. The Bertz CT molecular complexity index is 1050. The molecule has 0 unspecified atom stereocenters. The summed E-state index contributed by atoms with van der Waals surface area (Å²) in [7, 11) is 0. The van der Waals surface area contributed by atoms with Crippen LogP contribution in [0.2, 0.25) is 0 Å². The first-order valence-electron chi connectivity index (χ1n) is 8.70. The maximum atomic E-state index is 12.3. The Morgan fingerprint density at radius 2 is 1.93 bits per heavy atom. The molecule has 1 N–H and O–H groups in total.